The highest BCUT2D eigenvalue weighted by atomic mass is 35.5. The van der Waals surface area contributed by atoms with Gasteiger partial charge in [0.05, 0.1) is 0 Å². The molecule has 1 aromatic rings. The second-order valence-corrected chi connectivity index (χ2v) is 2.53. The van der Waals surface area contributed by atoms with E-state index in [0.29, 0.717) is 10.6 Å². The van der Waals surface area contributed by atoms with Crippen LogP contribution in [-0.2, 0) is 0 Å². The summed E-state index contributed by atoms with van der Waals surface area (Å²) in [5.74, 6) is 4.99. The van der Waals surface area contributed by atoms with Gasteiger partial charge < -0.3 is 5.84 Å². The quantitative estimate of drug-likeness (QED) is 0.404. The van der Waals surface area contributed by atoms with Crippen molar-refractivity contribution in [3.05, 3.63) is 34.9 Å². The van der Waals surface area contributed by atoms with E-state index in [2.05, 4.69) is 5.10 Å². The number of hydrogen-bond donors (Lipinski definition) is 1. The van der Waals surface area contributed by atoms with Gasteiger partial charge in [0.1, 0.15) is 6.07 Å². The number of hydrogen-bond acceptors (Lipinski definition) is 3. The van der Waals surface area contributed by atoms with E-state index in [9.17, 15) is 0 Å². The van der Waals surface area contributed by atoms with Crippen molar-refractivity contribution in [3.8, 4) is 6.07 Å². The highest BCUT2D eigenvalue weighted by Gasteiger charge is 1.99. The molecule has 0 saturated carbocycles. The van der Waals surface area contributed by atoms with Crippen LogP contribution in [0.2, 0.25) is 5.02 Å². The molecule has 3 nitrogen and oxygen atoms in total. The number of rotatable bonds is 1. The first-order chi connectivity index (χ1) is 5.77. The molecule has 0 aliphatic rings. The molecule has 0 aliphatic heterocycles. The molecule has 0 aliphatic carbocycles. The summed E-state index contributed by atoms with van der Waals surface area (Å²) in [5.41, 5.74) is 0.871. The summed E-state index contributed by atoms with van der Waals surface area (Å²) in [4.78, 5) is 0. The van der Waals surface area contributed by atoms with E-state index < -0.39 is 0 Å². The summed E-state index contributed by atoms with van der Waals surface area (Å²) in [6.07, 6.45) is 0. The minimum absolute atomic E-state index is 0.201. The molecule has 2 N–H and O–H groups in total. The van der Waals surface area contributed by atoms with E-state index >= 15 is 0 Å². The van der Waals surface area contributed by atoms with Gasteiger partial charge >= 0.3 is 0 Å². The van der Waals surface area contributed by atoms with Crippen LogP contribution in [0.4, 0.5) is 0 Å². The lowest BCUT2D eigenvalue weighted by molar-refractivity contribution is 1.25. The number of nitrogens with two attached hydrogens (primary N) is 1. The van der Waals surface area contributed by atoms with E-state index in [1.807, 2.05) is 6.07 Å². The standard InChI is InChI=1S/C8H6ClN3/c9-7-3-1-6(2-4-7)8(5-10)12-11/h1-4H,11H2/b12-8+. The Balaban J connectivity index is 3.06. The largest absolute Gasteiger partial charge is 0.322 e. The van der Waals surface area contributed by atoms with Crippen LogP contribution in [-0.4, -0.2) is 5.71 Å². The van der Waals surface area contributed by atoms with Crippen LogP contribution in [0.5, 0.6) is 0 Å². The van der Waals surface area contributed by atoms with Crippen LogP contribution < -0.4 is 5.84 Å². The number of halogens is 1. The van der Waals surface area contributed by atoms with Crippen molar-refractivity contribution >= 4 is 17.3 Å². The Morgan fingerprint density at radius 3 is 2.42 bits per heavy atom. The summed E-state index contributed by atoms with van der Waals surface area (Å²) in [5, 5.41) is 12.5. The van der Waals surface area contributed by atoms with Crippen LogP contribution >= 0.6 is 11.6 Å². The Labute approximate surface area is 75.1 Å². The second kappa shape index (κ2) is 3.74. The molecule has 0 unspecified atom stereocenters. The van der Waals surface area contributed by atoms with Crippen LogP contribution in [0.25, 0.3) is 0 Å². The maximum Gasteiger partial charge on any atom is 0.167 e. The van der Waals surface area contributed by atoms with Gasteiger partial charge in [-0.2, -0.15) is 10.4 Å². The van der Waals surface area contributed by atoms with Crippen LogP contribution in [0.1, 0.15) is 5.56 Å². The zero-order valence-electron chi connectivity index (χ0n) is 6.16. The van der Waals surface area contributed by atoms with Crippen molar-refractivity contribution in [2.24, 2.45) is 10.9 Å². The molecule has 4 heteroatoms. The number of nitriles is 1. The molecule has 0 aromatic heterocycles. The molecule has 0 fully saturated rings. The fraction of sp³-hybridized carbons (Fsp3) is 0. The van der Waals surface area contributed by atoms with Crippen molar-refractivity contribution in [2.45, 2.75) is 0 Å². The Morgan fingerprint density at radius 2 is 2.00 bits per heavy atom. The SMILES string of the molecule is N#C/C(=N\N)c1ccc(Cl)cc1. The lowest BCUT2D eigenvalue weighted by atomic mass is 10.1. The normalized spacial score (nSPS) is 10.8. The number of nitrogens with zero attached hydrogens (tertiary/aromatic N) is 2. The molecule has 0 radical (unpaired) electrons. The first kappa shape index (κ1) is 8.57. The van der Waals surface area contributed by atoms with E-state index in [1.54, 1.807) is 24.3 Å². The average molecular weight is 180 g/mol. The minimum Gasteiger partial charge on any atom is -0.322 e. The maximum absolute atomic E-state index is 8.55. The van der Waals surface area contributed by atoms with Crippen LogP contribution in [0.3, 0.4) is 0 Å². The molecule has 0 saturated heterocycles. The Hall–Kier alpha value is -1.53. The predicted octanol–water partition coefficient (Wildman–Crippen LogP) is 1.53. The van der Waals surface area contributed by atoms with Crippen molar-refractivity contribution < 1.29 is 0 Å². The highest BCUT2D eigenvalue weighted by Crippen LogP contribution is 2.09. The molecular formula is C8H6ClN3. The van der Waals surface area contributed by atoms with Gasteiger partial charge in [-0.1, -0.05) is 23.7 Å². The van der Waals surface area contributed by atoms with Gasteiger partial charge in [-0.05, 0) is 12.1 Å². The number of hydrazone groups is 1. The molecule has 1 aromatic carbocycles. The van der Waals surface area contributed by atoms with E-state index in [0.717, 1.165) is 0 Å². The third-order valence-corrected chi connectivity index (χ3v) is 1.60. The van der Waals surface area contributed by atoms with Gasteiger partial charge in [-0.15, -0.1) is 0 Å². The first-order valence-corrected chi connectivity index (χ1v) is 3.59. The summed E-state index contributed by atoms with van der Waals surface area (Å²) in [6, 6.07) is 8.61. The summed E-state index contributed by atoms with van der Waals surface area (Å²) in [6.45, 7) is 0. The molecule has 60 valence electrons. The van der Waals surface area contributed by atoms with Crippen molar-refractivity contribution in [3.63, 3.8) is 0 Å². The Kier molecular flexibility index (Phi) is 2.67. The van der Waals surface area contributed by atoms with Crippen LogP contribution in [0, 0.1) is 11.3 Å². The predicted molar refractivity (Wildman–Crippen MR) is 47.8 cm³/mol. The smallest absolute Gasteiger partial charge is 0.167 e. The van der Waals surface area contributed by atoms with E-state index in [4.69, 9.17) is 22.7 Å². The molecule has 0 amide bonds. The first-order valence-electron chi connectivity index (χ1n) is 3.22. The van der Waals surface area contributed by atoms with Gasteiger partial charge in [0.25, 0.3) is 0 Å². The monoisotopic (exact) mass is 179 g/mol. The molecular weight excluding hydrogens is 174 g/mol. The van der Waals surface area contributed by atoms with Gasteiger partial charge in [0.15, 0.2) is 5.71 Å². The van der Waals surface area contributed by atoms with Crippen molar-refractivity contribution in [1.29, 1.82) is 5.26 Å². The molecule has 0 bridgehead atoms. The summed E-state index contributed by atoms with van der Waals surface area (Å²) < 4.78 is 0. The molecule has 1 rings (SSSR count). The lowest BCUT2D eigenvalue weighted by Crippen LogP contribution is -2.00. The average Bonchev–Trinajstić information content (AvgIpc) is 2.10. The lowest BCUT2D eigenvalue weighted by Gasteiger charge is -1.95. The van der Waals surface area contributed by atoms with Crippen molar-refractivity contribution in [2.75, 3.05) is 0 Å². The van der Waals surface area contributed by atoms with Gasteiger partial charge in [0, 0.05) is 10.6 Å². The number of benzene rings is 1. The Bertz CT molecular complexity index is 334. The van der Waals surface area contributed by atoms with Gasteiger partial charge in [-0.3, -0.25) is 0 Å². The van der Waals surface area contributed by atoms with Gasteiger partial charge in [-0.25, -0.2) is 0 Å². The minimum atomic E-state index is 0.201. The highest BCUT2D eigenvalue weighted by molar-refractivity contribution is 6.30. The zero-order valence-corrected chi connectivity index (χ0v) is 6.92. The van der Waals surface area contributed by atoms with E-state index in [-0.39, 0.29) is 5.71 Å². The summed E-state index contributed by atoms with van der Waals surface area (Å²) >= 11 is 5.65. The Morgan fingerprint density at radius 1 is 1.42 bits per heavy atom. The van der Waals surface area contributed by atoms with E-state index in [1.165, 1.54) is 0 Å². The van der Waals surface area contributed by atoms with Crippen molar-refractivity contribution in [1.82, 2.24) is 0 Å². The van der Waals surface area contributed by atoms with Crippen LogP contribution in [0.15, 0.2) is 29.4 Å². The summed E-state index contributed by atoms with van der Waals surface area (Å²) in [7, 11) is 0. The molecule has 12 heavy (non-hydrogen) atoms. The maximum atomic E-state index is 8.55. The molecule has 0 heterocycles. The second-order valence-electron chi connectivity index (χ2n) is 2.10. The topological polar surface area (TPSA) is 62.2 Å². The molecule has 0 spiro atoms. The zero-order chi connectivity index (χ0) is 8.97. The molecule has 0 atom stereocenters. The fourth-order valence-electron chi connectivity index (χ4n) is 0.776. The third-order valence-electron chi connectivity index (χ3n) is 1.35. The van der Waals surface area contributed by atoms with Gasteiger partial charge in [0.2, 0.25) is 0 Å². The fourth-order valence-corrected chi connectivity index (χ4v) is 0.902. The third kappa shape index (κ3) is 1.74.